The van der Waals surface area contributed by atoms with E-state index >= 15 is 0 Å². The molecule has 0 bridgehead atoms. The van der Waals surface area contributed by atoms with Crippen molar-refractivity contribution in [1.29, 1.82) is 0 Å². The number of aldehydes is 1. The summed E-state index contributed by atoms with van der Waals surface area (Å²) >= 11 is 0. The highest BCUT2D eigenvalue weighted by Crippen LogP contribution is 2.36. The van der Waals surface area contributed by atoms with Gasteiger partial charge in [-0.1, -0.05) is 6.07 Å². The van der Waals surface area contributed by atoms with Crippen LogP contribution in [0.4, 0.5) is 26.3 Å². The Balaban J connectivity index is 2.36. The molecule has 0 radical (unpaired) electrons. The Hall–Kier alpha value is -2.51. The van der Waals surface area contributed by atoms with Gasteiger partial charge in [0.15, 0.2) is 6.29 Å². The quantitative estimate of drug-likeness (QED) is 0.560. The fourth-order valence-electron chi connectivity index (χ4n) is 1.82. The van der Waals surface area contributed by atoms with Crippen molar-refractivity contribution in [2.24, 2.45) is 0 Å². The maximum absolute atomic E-state index is 12.8. The van der Waals surface area contributed by atoms with Crippen LogP contribution in [0, 0.1) is 0 Å². The van der Waals surface area contributed by atoms with Crippen molar-refractivity contribution in [3.8, 4) is 11.5 Å². The maximum Gasteiger partial charge on any atom is 0.417 e. The molecule has 2 nitrogen and oxygen atoms in total. The third-order valence-electron chi connectivity index (χ3n) is 2.85. The molecule has 0 aliphatic heterocycles. The van der Waals surface area contributed by atoms with Gasteiger partial charge in [0.25, 0.3) is 0 Å². The van der Waals surface area contributed by atoms with Gasteiger partial charge in [0, 0.05) is 5.56 Å². The second-order valence-electron chi connectivity index (χ2n) is 4.49. The molecule has 2 rings (SSSR count). The minimum atomic E-state index is -4.79. The monoisotopic (exact) mass is 334 g/mol. The lowest BCUT2D eigenvalue weighted by Crippen LogP contribution is -2.09. The molecule has 122 valence electrons. The van der Waals surface area contributed by atoms with Gasteiger partial charge in [-0.15, -0.1) is 0 Å². The molecule has 0 aliphatic rings. The van der Waals surface area contributed by atoms with Crippen LogP contribution in [0.2, 0.25) is 0 Å². The van der Waals surface area contributed by atoms with Gasteiger partial charge in [-0.05, 0) is 36.4 Å². The van der Waals surface area contributed by atoms with E-state index in [0.29, 0.717) is 12.1 Å². The van der Waals surface area contributed by atoms with Crippen molar-refractivity contribution >= 4 is 6.29 Å². The number of alkyl halides is 6. The predicted octanol–water partition coefficient (Wildman–Crippen LogP) is 5.33. The number of carbonyl (C=O) groups excluding carboxylic acids is 1. The summed E-state index contributed by atoms with van der Waals surface area (Å²) in [7, 11) is 0. The van der Waals surface area contributed by atoms with Crippen LogP contribution >= 0.6 is 0 Å². The first-order valence-corrected chi connectivity index (χ1v) is 6.13. The zero-order valence-corrected chi connectivity index (χ0v) is 11.2. The van der Waals surface area contributed by atoms with Crippen LogP contribution in [-0.4, -0.2) is 6.29 Å². The fourth-order valence-corrected chi connectivity index (χ4v) is 1.82. The summed E-state index contributed by atoms with van der Waals surface area (Å²) in [4.78, 5) is 10.6. The normalized spacial score (nSPS) is 12.1. The number of hydrogen-bond donors (Lipinski definition) is 0. The summed E-state index contributed by atoms with van der Waals surface area (Å²) in [6.07, 6.45) is -9.35. The molecular weight excluding hydrogens is 326 g/mol. The minimum absolute atomic E-state index is 0.0386. The molecule has 0 heterocycles. The molecule has 0 aromatic heterocycles. The van der Waals surface area contributed by atoms with Crippen LogP contribution < -0.4 is 4.74 Å². The Bertz CT molecular complexity index is 719. The van der Waals surface area contributed by atoms with Crippen molar-refractivity contribution in [2.45, 2.75) is 12.4 Å². The van der Waals surface area contributed by atoms with Crippen LogP contribution in [-0.2, 0) is 12.4 Å². The number of benzene rings is 2. The minimum Gasteiger partial charge on any atom is -0.457 e. The SMILES string of the molecule is O=Cc1ccc(Oc2cccc(C(F)(F)F)c2)cc1C(F)(F)F. The molecule has 0 aliphatic carbocycles. The maximum atomic E-state index is 12.8. The molecule has 0 atom stereocenters. The third kappa shape index (κ3) is 4.02. The topological polar surface area (TPSA) is 26.3 Å². The molecule has 0 saturated heterocycles. The van der Waals surface area contributed by atoms with Crippen LogP contribution in [0.1, 0.15) is 21.5 Å². The largest absolute Gasteiger partial charge is 0.457 e. The number of carbonyl (C=O) groups is 1. The van der Waals surface area contributed by atoms with E-state index in [4.69, 9.17) is 4.74 Å². The van der Waals surface area contributed by atoms with Crippen molar-refractivity contribution in [1.82, 2.24) is 0 Å². The summed E-state index contributed by atoms with van der Waals surface area (Å²) in [6.45, 7) is 0. The molecule has 0 fully saturated rings. The van der Waals surface area contributed by atoms with E-state index in [1.165, 1.54) is 6.07 Å². The lowest BCUT2D eigenvalue weighted by Gasteiger charge is -2.13. The lowest BCUT2D eigenvalue weighted by molar-refractivity contribution is -0.138. The summed E-state index contributed by atoms with van der Waals surface area (Å²) in [5, 5.41) is 0. The molecule has 0 spiro atoms. The highest BCUT2D eigenvalue weighted by Gasteiger charge is 2.34. The van der Waals surface area contributed by atoms with E-state index in [0.717, 1.165) is 24.3 Å². The zero-order chi connectivity index (χ0) is 17.3. The van der Waals surface area contributed by atoms with Crippen molar-refractivity contribution in [3.05, 3.63) is 59.2 Å². The molecule has 23 heavy (non-hydrogen) atoms. The first-order chi connectivity index (χ1) is 10.6. The highest BCUT2D eigenvalue weighted by molar-refractivity contribution is 5.78. The van der Waals surface area contributed by atoms with Gasteiger partial charge in [0.05, 0.1) is 11.1 Å². The molecular formula is C15H8F6O2. The van der Waals surface area contributed by atoms with Gasteiger partial charge in [-0.2, -0.15) is 26.3 Å². The average molecular weight is 334 g/mol. The molecule has 0 saturated carbocycles. The Kier molecular flexibility index (Phi) is 4.35. The lowest BCUT2D eigenvalue weighted by atomic mass is 10.1. The number of hydrogen-bond acceptors (Lipinski definition) is 2. The predicted molar refractivity (Wildman–Crippen MR) is 68.3 cm³/mol. The molecule has 0 amide bonds. The van der Waals surface area contributed by atoms with E-state index < -0.39 is 29.0 Å². The first kappa shape index (κ1) is 16.9. The molecule has 2 aromatic rings. The van der Waals surface area contributed by atoms with E-state index in [1.54, 1.807) is 0 Å². The second-order valence-corrected chi connectivity index (χ2v) is 4.49. The smallest absolute Gasteiger partial charge is 0.417 e. The van der Waals surface area contributed by atoms with E-state index in [9.17, 15) is 31.1 Å². The van der Waals surface area contributed by atoms with Crippen molar-refractivity contribution < 1.29 is 35.9 Å². The standard InChI is InChI=1S/C15H8F6O2/c16-14(17,18)10-2-1-3-11(6-10)23-12-5-4-9(8-22)13(7-12)15(19,20)21/h1-8H. The number of ether oxygens (including phenoxy) is 1. The van der Waals surface area contributed by atoms with Crippen molar-refractivity contribution in [2.75, 3.05) is 0 Å². The second kappa shape index (κ2) is 5.94. The van der Waals surface area contributed by atoms with Crippen LogP contribution in [0.3, 0.4) is 0 Å². The van der Waals surface area contributed by atoms with Gasteiger partial charge in [-0.25, -0.2) is 0 Å². The molecule has 0 N–H and O–H groups in total. The van der Waals surface area contributed by atoms with Crippen LogP contribution in [0.25, 0.3) is 0 Å². The first-order valence-electron chi connectivity index (χ1n) is 6.13. The van der Waals surface area contributed by atoms with Crippen LogP contribution in [0.15, 0.2) is 42.5 Å². The molecule has 8 heteroatoms. The van der Waals surface area contributed by atoms with E-state index in [-0.39, 0.29) is 17.8 Å². The Morgan fingerprint density at radius 2 is 1.48 bits per heavy atom. The number of halogens is 6. The summed E-state index contributed by atoms with van der Waals surface area (Å²) in [6, 6.07) is 6.24. The average Bonchev–Trinajstić information content (AvgIpc) is 2.46. The fraction of sp³-hybridized carbons (Fsp3) is 0.133. The van der Waals surface area contributed by atoms with Crippen molar-refractivity contribution in [3.63, 3.8) is 0 Å². The van der Waals surface area contributed by atoms with E-state index in [2.05, 4.69) is 0 Å². The van der Waals surface area contributed by atoms with Gasteiger partial charge >= 0.3 is 12.4 Å². The highest BCUT2D eigenvalue weighted by atomic mass is 19.4. The summed E-state index contributed by atoms with van der Waals surface area (Å²) in [5.74, 6) is -0.603. The van der Waals surface area contributed by atoms with Gasteiger partial charge in [-0.3, -0.25) is 4.79 Å². The van der Waals surface area contributed by atoms with Crippen LogP contribution in [0.5, 0.6) is 11.5 Å². The number of rotatable bonds is 3. The zero-order valence-electron chi connectivity index (χ0n) is 11.2. The Morgan fingerprint density at radius 3 is 2.04 bits per heavy atom. The van der Waals surface area contributed by atoms with Gasteiger partial charge < -0.3 is 4.74 Å². The summed E-state index contributed by atoms with van der Waals surface area (Å²) < 4.78 is 81.2. The Morgan fingerprint density at radius 1 is 0.826 bits per heavy atom. The molecule has 0 unspecified atom stereocenters. The Labute approximate surface area is 126 Å². The van der Waals surface area contributed by atoms with E-state index in [1.807, 2.05) is 0 Å². The van der Waals surface area contributed by atoms with Gasteiger partial charge in [0.2, 0.25) is 0 Å². The van der Waals surface area contributed by atoms with Gasteiger partial charge in [0.1, 0.15) is 11.5 Å². The summed E-state index contributed by atoms with van der Waals surface area (Å²) in [5.41, 5.74) is -2.80. The third-order valence-corrected chi connectivity index (χ3v) is 2.85. The molecule has 2 aromatic carbocycles.